The highest BCUT2D eigenvalue weighted by Crippen LogP contribution is 2.24. The number of ether oxygens (including phenoxy) is 1. The van der Waals surface area contributed by atoms with Crippen LogP contribution in [0, 0.1) is 11.3 Å². The van der Waals surface area contributed by atoms with E-state index in [1.807, 2.05) is 28.8 Å². The molecule has 0 fully saturated rings. The molecule has 0 saturated heterocycles. The average Bonchev–Trinajstić information content (AvgIpc) is 2.92. The fraction of sp³-hybridized carbons (Fsp3) is 0.0588. The van der Waals surface area contributed by atoms with Gasteiger partial charge in [0.1, 0.15) is 12.7 Å². The Hall–Kier alpha value is -2.48. The third-order valence-electron chi connectivity index (χ3n) is 3.39. The Labute approximate surface area is 142 Å². The molecule has 2 aromatic heterocycles. The van der Waals surface area contributed by atoms with Crippen LogP contribution in [-0.4, -0.2) is 10.4 Å². The smallest absolute Gasteiger partial charge is 0.338 e. The molecule has 0 spiro atoms. The van der Waals surface area contributed by atoms with Gasteiger partial charge in [0, 0.05) is 18.0 Å². The molecule has 4 nitrogen and oxygen atoms in total. The van der Waals surface area contributed by atoms with Crippen molar-refractivity contribution in [1.82, 2.24) is 4.40 Å². The number of nitriles is 1. The summed E-state index contributed by atoms with van der Waals surface area (Å²) in [4.78, 5) is 12.1. The third kappa shape index (κ3) is 3.02. The van der Waals surface area contributed by atoms with E-state index in [0.717, 1.165) is 5.52 Å². The van der Waals surface area contributed by atoms with E-state index in [-0.39, 0.29) is 11.6 Å². The summed E-state index contributed by atoms with van der Waals surface area (Å²) >= 11 is 11.7. The van der Waals surface area contributed by atoms with E-state index >= 15 is 0 Å². The second kappa shape index (κ2) is 6.33. The molecule has 0 aliphatic carbocycles. The molecule has 114 valence electrons. The van der Waals surface area contributed by atoms with Gasteiger partial charge in [-0.2, -0.15) is 5.26 Å². The van der Waals surface area contributed by atoms with Crippen LogP contribution in [0.4, 0.5) is 0 Å². The van der Waals surface area contributed by atoms with Crippen LogP contribution in [0.1, 0.15) is 21.5 Å². The summed E-state index contributed by atoms with van der Waals surface area (Å²) in [6, 6.07) is 12.2. The lowest BCUT2D eigenvalue weighted by molar-refractivity contribution is 0.0472. The van der Waals surface area contributed by atoms with Gasteiger partial charge in [-0.1, -0.05) is 29.3 Å². The topological polar surface area (TPSA) is 54.5 Å². The Kier molecular flexibility index (Phi) is 4.24. The van der Waals surface area contributed by atoms with Crippen molar-refractivity contribution in [3.05, 3.63) is 75.5 Å². The van der Waals surface area contributed by atoms with Gasteiger partial charge < -0.3 is 9.14 Å². The van der Waals surface area contributed by atoms with Crippen molar-refractivity contribution >= 4 is 34.7 Å². The fourth-order valence-corrected chi connectivity index (χ4v) is 2.56. The molecule has 3 rings (SSSR count). The van der Waals surface area contributed by atoms with Gasteiger partial charge in [0.15, 0.2) is 0 Å². The zero-order valence-electron chi connectivity index (χ0n) is 11.8. The Morgan fingerprint density at radius 3 is 2.78 bits per heavy atom. The van der Waals surface area contributed by atoms with E-state index in [2.05, 4.69) is 6.07 Å². The number of carbonyl (C=O) groups is 1. The van der Waals surface area contributed by atoms with Crippen molar-refractivity contribution in [2.24, 2.45) is 0 Å². The molecule has 1 aromatic carbocycles. The lowest BCUT2D eigenvalue weighted by atomic mass is 10.2. The van der Waals surface area contributed by atoms with Gasteiger partial charge in [0.2, 0.25) is 0 Å². The van der Waals surface area contributed by atoms with Gasteiger partial charge >= 0.3 is 5.97 Å². The number of esters is 1. The summed E-state index contributed by atoms with van der Waals surface area (Å²) < 4.78 is 7.10. The minimum Gasteiger partial charge on any atom is -0.457 e. The van der Waals surface area contributed by atoms with E-state index in [0.29, 0.717) is 21.7 Å². The molecule has 0 amide bonds. The predicted octanol–water partition coefficient (Wildman–Crippen LogP) is 4.47. The van der Waals surface area contributed by atoms with E-state index in [9.17, 15) is 10.1 Å². The highest BCUT2D eigenvalue weighted by Gasteiger charge is 2.14. The normalized spacial score (nSPS) is 10.5. The molecule has 0 unspecified atom stereocenters. The van der Waals surface area contributed by atoms with Gasteiger partial charge in [-0.05, 0) is 30.3 Å². The zero-order chi connectivity index (χ0) is 16.4. The molecule has 23 heavy (non-hydrogen) atoms. The number of fused-ring (bicyclic) bond motifs is 1. The second-order valence-electron chi connectivity index (χ2n) is 4.84. The van der Waals surface area contributed by atoms with Crippen molar-refractivity contribution < 1.29 is 9.53 Å². The molecular weight excluding hydrogens is 335 g/mol. The van der Waals surface area contributed by atoms with E-state index in [4.69, 9.17) is 27.9 Å². The second-order valence-corrected chi connectivity index (χ2v) is 5.65. The quantitative estimate of drug-likeness (QED) is 0.658. The maximum atomic E-state index is 12.1. The number of halogens is 2. The van der Waals surface area contributed by atoms with Gasteiger partial charge in [-0.25, -0.2) is 4.79 Å². The number of nitrogens with zero attached hydrogens (tertiary/aromatic N) is 2. The van der Waals surface area contributed by atoms with Crippen LogP contribution < -0.4 is 0 Å². The first kappa shape index (κ1) is 15.4. The first-order valence-electron chi connectivity index (χ1n) is 6.71. The Bertz CT molecular complexity index is 941. The summed E-state index contributed by atoms with van der Waals surface area (Å²) in [5.41, 5.74) is 2.22. The number of hydrogen-bond donors (Lipinski definition) is 0. The predicted molar refractivity (Wildman–Crippen MR) is 87.7 cm³/mol. The van der Waals surface area contributed by atoms with Crippen LogP contribution in [0.3, 0.4) is 0 Å². The number of benzene rings is 1. The molecule has 0 atom stereocenters. The number of aromatic nitrogens is 1. The van der Waals surface area contributed by atoms with Crippen LogP contribution in [0.15, 0.2) is 48.8 Å². The van der Waals surface area contributed by atoms with Crippen molar-refractivity contribution in [2.45, 2.75) is 6.61 Å². The number of carbonyl (C=O) groups excluding carboxylic acids is 1. The molecule has 2 heterocycles. The van der Waals surface area contributed by atoms with Crippen LogP contribution in [-0.2, 0) is 11.3 Å². The van der Waals surface area contributed by atoms with Gasteiger partial charge in [0.25, 0.3) is 0 Å². The Morgan fingerprint density at radius 1 is 1.22 bits per heavy atom. The van der Waals surface area contributed by atoms with E-state index in [1.165, 1.54) is 18.2 Å². The molecule has 0 radical (unpaired) electrons. The first-order chi connectivity index (χ1) is 11.1. The Balaban J connectivity index is 1.82. The summed E-state index contributed by atoms with van der Waals surface area (Å²) in [5.74, 6) is -0.525. The maximum absolute atomic E-state index is 12.1. The first-order valence-corrected chi connectivity index (χ1v) is 7.46. The third-order valence-corrected chi connectivity index (χ3v) is 4.13. The molecule has 3 aromatic rings. The van der Waals surface area contributed by atoms with Crippen LogP contribution >= 0.6 is 23.2 Å². The SMILES string of the molecule is N#Cc1c(COC(=O)c2ccc(Cl)c(Cl)c2)cn2ccccc12. The molecule has 0 saturated carbocycles. The van der Waals surface area contributed by atoms with Crippen LogP contribution in [0.25, 0.3) is 5.52 Å². The average molecular weight is 345 g/mol. The highest BCUT2D eigenvalue weighted by atomic mass is 35.5. The molecular formula is C17H10Cl2N2O2. The standard InChI is InChI=1S/C17H10Cl2N2O2/c18-14-5-4-11(7-15(14)19)17(22)23-10-12-9-21-6-2-1-3-16(21)13(12)8-20/h1-7,9H,10H2. The molecule has 0 aliphatic heterocycles. The Morgan fingerprint density at radius 2 is 2.04 bits per heavy atom. The summed E-state index contributed by atoms with van der Waals surface area (Å²) in [5, 5.41) is 9.97. The molecule has 6 heteroatoms. The van der Waals surface area contributed by atoms with E-state index < -0.39 is 5.97 Å². The summed E-state index contributed by atoms with van der Waals surface area (Å²) in [6.07, 6.45) is 3.61. The van der Waals surface area contributed by atoms with Gasteiger partial charge in [-0.15, -0.1) is 0 Å². The van der Waals surface area contributed by atoms with E-state index in [1.54, 1.807) is 6.20 Å². The highest BCUT2D eigenvalue weighted by molar-refractivity contribution is 6.42. The van der Waals surface area contributed by atoms with Crippen LogP contribution in [0.2, 0.25) is 10.0 Å². The maximum Gasteiger partial charge on any atom is 0.338 e. The van der Waals surface area contributed by atoms with Gasteiger partial charge in [-0.3, -0.25) is 0 Å². The van der Waals surface area contributed by atoms with Crippen molar-refractivity contribution in [3.63, 3.8) is 0 Å². The number of rotatable bonds is 3. The zero-order valence-corrected chi connectivity index (χ0v) is 13.3. The minimum atomic E-state index is -0.525. The van der Waals surface area contributed by atoms with Crippen LogP contribution in [0.5, 0.6) is 0 Å². The largest absolute Gasteiger partial charge is 0.457 e. The molecule has 0 aliphatic rings. The minimum absolute atomic E-state index is 0.00362. The molecule has 0 bridgehead atoms. The lowest BCUT2D eigenvalue weighted by Gasteiger charge is -2.05. The monoisotopic (exact) mass is 344 g/mol. The lowest BCUT2D eigenvalue weighted by Crippen LogP contribution is -2.05. The summed E-state index contributed by atoms with van der Waals surface area (Å²) in [6.45, 7) is 0.00362. The van der Waals surface area contributed by atoms with Crippen molar-refractivity contribution in [2.75, 3.05) is 0 Å². The van der Waals surface area contributed by atoms with Crippen molar-refractivity contribution in [1.29, 1.82) is 5.26 Å². The number of hydrogen-bond acceptors (Lipinski definition) is 3. The molecule has 0 N–H and O–H groups in total. The van der Waals surface area contributed by atoms with Gasteiger partial charge in [0.05, 0.1) is 26.7 Å². The number of pyridine rings is 1. The summed E-state index contributed by atoms with van der Waals surface area (Å²) in [7, 11) is 0. The fourth-order valence-electron chi connectivity index (χ4n) is 2.27. The van der Waals surface area contributed by atoms with Crippen molar-refractivity contribution in [3.8, 4) is 6.07 Å².